The first-order valence-electron chi connectivity index (χ1n) is 6.47. The Labute approximate surface area is 121 Å². The first kappa shape index (κ1) is 14.9. The van der Waals surface area contributed by atoms with E-state index in [2.05, 4.69) is 5.32 Å². The third kappa shape index (κ3) is 4.25. The summed E-state index contributed by atoms with van der Waals surface area (Å²) < 4.78 is 13.0. The van der Waals surface area contributed by atoms with Gasteiger partial charge in [0.15, 0.2) is 0 Å². The molecule has 2 N–H and O–H groups in total. The van der Waals surface area contributed by atoms with Crippen molar-refractivity contribution in [2.24, 2.45) is 0 Å². The molecule has 0 atom stereocenters. The van der Waals surface area contributed by atoms with Gasteiger partial charge < -0.3 is 10.4 Å². The highest BCUT2D eigenvalue weighted by atomic mass is 19.1. The number of halogens is 1. The zero-order valence-corrected chi connectivity index (χ0v) is 11.3. The van der Waals surface area contributed by atoms with Crippen molar-refractivity contribution < 1.29 is 14.4 Å². The molecule has 0 bridgehead atoms. The van der Waals surface area contributed by atoms with E-state index in [9.17, 15) is 19.6 Å². The minimum atomic E-state index is -0.436. The van der Waals surface area contributed by atoms with Crippen LogP contribution in [0.5, 0.6) is 5.75 Å². The van der Waals surface area contributed by atoms with Crippen LogP contribution in [0.15, 0.2) is 42.5 Å². The van der Waals surface area contributed by atoms with E-state index in [4.69, 9.17) is 0 Å². The van der Waals surface area contributed by atoms with Crippen molar-refractivity contribution in [1.82, 2.24) is 5.32 Å². The highest BCUT2D eigenvalue weighted by molar-refractivity contribution is 5.33. The van der Waals surface area contributed by atoms with Crippen molar-refractivity contribution in [2.75, 3.05) is 6.54 Å². The summed E-state index contributed by atoms with van der Waals surface area (Å²) >= 11 is 0. The lowest BCUT2D eigenvalue weighted by atomic mass is 10.1. The molecule has 2 rings (SSSR count). The fourth-order valence-electron chi connectivity index (χ4n) is 1.94. The summed E-state index contributed by atoms with van der Waals surface area (Å²) in [6, 6.07) is 10.2. The lowest BCUT2D eigenvalue weighted by molar-refractivity contribution is -0.384. The van der Waals surface area contributed by atoms with E-state index in [1.807, 2.05) is 0 Å². The van der Waals surface area contributed by atoms with E-state index in [0.717, 1.165) is 5.56 Å². The maximum atomic E-state index is 13.0. The van der Waals surface area contributed by atoms with Crippen LogP contribution in [0.1, 0.15) is 11.1 Å². The van der Waals surface area contributed by atoms with E-state index in [0.29, 0.717) is 25.1 Å². The quantitative estimate of drug-likeness (QED) is 0.487. The number of hydrogen-bond acceptors (Lipinski definition) is 4. The highest BCUT2D eigenvalue weighted by Crippen LogP contribution is 2.17. The largest absolute Gasteiger partial charge is 0.508 e. The van der Waals surface area contributed by atoms with Gasteiger partial charge in [0.05, 0.1) is 4.92 Å². The summed E-state index contributed by atoms with van der Waals surface area (Å²) in [5, 5.41) is 23.2. The average Bonchev–Trinajstić information content (AvgIpc) is 2.47. The average molecular weight is 290 g/mol. The number of phenolic OH excluding ortho intramolecular Hbond substituents is 1. The van der Waals surface area contributed by atoms with Gasteiger partial charge in [-0.2, -0.15) is 0 Å². The third-order valence-electron chi connectivity index (χ3n) is 3.09. The molecule has 0 aliphatic heterocycles. The molecule has 21 heavy (non-hydrogen) atoms. The molecule has 5 nitrogen and oxygen atoms in total. The summed E-state index contributed by atoms with van der Waals surface area (Å²) in [5.41, 5.74) is 1.53. The minimum Gasteiger partial charge on any atom is -0.508 e. The molecule has 0 saturated heterocycles. The Morgan fingerprint density at radius 3 is 2.57 bits per heavy atom. The molecular formula is C15H15FN2O3. The van der Waals surface area contributed by atoms with Crippen molar-refractivity contribution in [3.05, 3.63) is 69.5 Å². The molecule has 0 aliphatic rings. The van der Waals surface area contributed by atoms with Crippen molar-refractivity contribution in [1.29, 1.82) is 0 Å². The number of aromatic hydroxyl groups is 1. The SMILES string of the molecule is O=[N+]([O-])c1ccc(CCNCc2cc(F)ccc2O)cc1. The molecule has 0 aromatic heterocycles. The molecule has 2 aromatic carbocycles. The lowest BCUT2D eigenvalue weighted by Crippen LogP contribution is -2.16. The van der Waals surface area contributed by atoms with Crippen LogP contribution in [-0.2, 0) is 13.0 Å². The molecule has 0 amide bonds. The zero-order valence-electron chi connectivity index (χ0n) is 11.3. The first-order valence-corrected chi connectivity index (χ1v) is 6.47. The second-order valence-corrected chi connectivity index (χ2v) is 4.62. The monoisotopic (exact) mass is 290 g/mol. The number of nitro groups is 1. The first-order chi connectivity index (χ1) is 10.1. The van der Waals surface area contributed by atoms with Crippen LogP contribution in [0.25, 0.3) is 0 Å². The Bertz CT molecular complexity index is 629. The molecule has 6 heteroatoms. The van der Waals surface area contributed by atoms with Crippen LogP contribution >= 0.6 is 0 Å². The van der Waals surface area contributed by atoms with Gasteiger partial charge in [-0.25, -0.2) is 4.39 Å². The van der Waals surface area contributed by atoms with Gasteiger partial charge in [0.25, 0.3) is 5.69 Å². The molecule has 0 fully saturated rings. The number of nitrogens with zero attached hydrogens (tertiary/aromatic N) is 1. The van der Waals surface area contributed by atoms with Gasteiger partial charge >= 0.3 is 0 Å². The van der Waals surface area contributed by atoms with E-state index < -0.39 is 4.92 Å². The topological polar surface area (TPSA) is 75.4 Å². The van der Waals surface area contributed by atoms with Gasteiger partial charge in [-0.1, -0.05) is 12.1 Å². The maximum absolute atomic E-state index is 13.0. The molecule has 0 radical (unpaired) electrons. The zero-order chi connectivity index (χ0) is 15.2. The van der Waals surface area contributed by atoms with Crippen LogP contribution in [0.4, 0.5) is 10.1 Å². The van der Waals surface area contributed by atoms with Crippen molar-refractivity contribution in [3.63, 3.8) is 0 Å². The van der Waals surface area contributed by atoms with E-state index >= 15 is 0 Å². The van der Waals surface area contributed by atoms with Crippen molar-refractivity contribution in [2.45, 2.75) is 13.0 Å². The smallest absolute Gasteiger partial charge is 0.269 e. The summed E-state index contributed by atoms with van der Waals surface area (Å²) in [5.74, 6) is -0.334. The molecule has 2 aromatic rings. The van der Waals surface area contributed by atoms with Gasteiger partial charge in [0, 0.05) is 24.2 Å². The second-order valence-electron chi connectivity index (χ2n) is 4.62. The standard InChI is InChI=1S/C15H15FN2O3/c16-13-3-6-15(19)12(9-13)10-17-8-7-11-1-4-14(5-2-11)18(20)21/h1-6,9,17,19H,7-8,10H2. The summed E-state index contributed by atoms with van der Waals surface area (Å²) in [6.07, 6.45) is 0.689. The van der Waals surface area contributed by atoms with Gasteiger partial charge in [-0.05, 0) is 36.7 Å². The van der Waals surface area contributed by atoms with Crippen LogP contribution < -0.4 is 5.32 Å². The van der Waals surface area contributed by atoms with E-state index in [1.54, 1.807) is 12.1 Å². The second kappa shape index (κ2) is 6.81. The Balaban J connectivity index is 1.81. The summed E-state index contributed by atoms with van der Waals surface area (Å²) in [4.78, 5) is 10.1. The molecular weight excluding hydrogens is 275 g/mol. The number of phenols is 1. The molecule has 0 heterocycles. The fourth-order valence-corrected chi connectivity index (χ4v) is 1.94. The fraction of sp³-hybridized carbons (Fsp3) is 0.200. The number of nitro benzene ring substituents is 1. The Kier molecular flexibility index (Phi) is 4.84. The minimum absolute atomic E-state index is 0.0548. The van der Waals surface area contributed by atoms with Gasteiger partial charge in [-0.15, -0.1) is 0 Å². The van der Waals surface area contributed by atoms with Crippen molar-refractivity contribution in [3.8, 4) is 5.75 Å². The lowest BCUT2D eigenvalue weighted by Gasteiger charge is -2.07. The van der Waals surface area contributed by atoms with Gasteiger partial charge in [0.2, 0.25) is 0 Å². The maximum Gasteiger partial charge on any atom is 0.269 e. The van der Waals surface area contributed by atoms with E-state index in [-0.39, 0.29) is 17.3 Å². The van der Waals surface area contributed by atoms with Crippen LogP contribution in [0.2, 0.25) is 0 Å². The number of hydrogen-bond donors (Lipinski definition) is 2. The van der Waals surface area contributed by atoms with E-state index in [1.165, 1.54) is 30.3 Å². The van der Waals surface area contributed by atoms with Crippen LogP contribution in [-0.4, -0.2) is 16.6 Å². The molecule has 110 valence electrons. The number of benzene rings is 2. The van der Waals surface area contributed by atoms with Gasteiger partial charge in [-0.3, -0.25) is 10.1 Å². The normalized spacial score (nSPS) is 10.5. The van der Waals surface area contributed by atoms with Crippen LogP contribution in [0, 0.1) is 15.9 Å². The van der Waals surface area contributed by atoms with Gasteiger partial charge in [0.1, 0.15) is 11.6 Å². The predicted octanol–water partition coefficient (Wildman–Crippen LogP) is 2.77. The summed E-state index contributed by atoms with van der Waals surface area (Å²) in [6.45, 7) is 0.977. The van der Waals surface area contributed by atoms with Crippen LogP contribution in [0.3, 0.4) is 0 Å². The Morgan fingerprint density at radius 2 is 1.90 bits per heavy atom. The molecule has 0 saturated carbocycles. The highest BCUT2D eigenvalue weighted by Gasteiger charge is 2.04. The predicted molar refractivity (Wildman–Crippen MR) is 76.6 cm³/mol. The molecule has 0 aliphatic carbocycles. The molecule has 0 unspecified atom stereocenters. The number of nitrogens with one attached hydrogen (secondary N) is 1. The summed E-state index contributed by atoms with van der Waals surface area (Å²) in [7, 11) is 0. The number of rotatable bonds is 6. The Morgan fingerprint density at radius 1 is 1.19 bits per heavy atom. The third-order valence-corrected chi connectivity index (χ3v) is 3.09. The molecule has 0 spiro atoms. The van der Waals surface area contributed by atoms with Crippen molar-refractivity contribution >= 4 is 5.69 Å². The number of non-ortho nitro benzene ring substituents is 1. The Hall–Kier alpha value is -2.47.